The molecule has 0 radical (unpaired) electrons. The number of carbonyl (C=O) groups is 2. The van der Waals surface area contributed by atoms with Crippen molar-refractivity contribution in [2.24, 2.45) is 0 Å². The van der Waals surface area contributed by atoms with Crippen molar-refractivity contribution in [2.75, 3.05) is 31.3 Å². The first-order chi connectivity index (χ1) is 7.56. The van der Waals surface area contributed by atoms with Crippen molar-refractivity contribution in [1.82, 2.24) is 9.80 Å². The van der Waals surface area contributed by atoms with E-state index in [0.717, 1.165) is 0 Å². The zero-order chi connectivity index (χ0) is 12.1. The molecule has 0 unspecified atom stereocenters. The predicted molar refractivity (Wildman–Crippen MR) is 63.0 cm³/mol. The van der Waals surface area contributed by atoms with E-state index in [1.54, 1.807) is 9.80 Å². The highest BCUT2D eigenvalue weighted by Gasteiger charge is 2.25. The van der Waals surface area contributed by atoms with Gasteiger partial charge in [-0.15, -0.1) is 11.8 Å². The number of thioether (sulfide) groups is 1. The summed E-state index contributed by atoms with van der Waals surface area (Å²) < 4.78 is 0. The summed E-state index contributed by atoms with van der Waals surface area (Å²) in [4.78, 5) is 26.4. The second kappa shape index (κ2) is 6.10. The predicted octanol–water partition coefficient (Wildman–Crippen LogP) is -0.251. The molecule has 1 fully saturated rings. The SMILES string of the molecule is CC(C)N(CCO)C(=O)CN1CSCC1=O. The Morgan fingerprint density at radius 1 is 1.62 bits per heavy atom. The van der Waals surface area contributed by atoms with Crippen LogP contribution in [0.15, 0.2) is 0 Å². The van der Waals surface area contributed by atoms with Crippen LogP contribution in [-0.4, -0.2) is 64.1 Å². The van der Waals surface area contributed by atoms with Crippen LogP contribution >= 0.6 is 11.8 Å². The number of hydrogen-bond donors (Lipinski definition) is 1. The Morgan fingerprint density at radius 2 is 2.31 bits per heavy atom. The van der Waals surface area contributed by atoms with Crippen LogP contribution < -0.4 is 0 Å². The molecular formula is C10H18N2O3S. The maximum absolute atomic E-state index is 11.9. The molecule has 92 valence electrons. The average Bonchev–Trinajstić information content (AvgIpc) is 2.60. The van der Waals surface area contributed by atoms with Gasteiger partial charge in [0.25, 0.3) is 0 Å². The van der Waals surface area contributed by atoms with Crippen molar-refractivity contribution in [3.05, 3.63) is 0 Å². The summed E-state index contributed by atoms with van der Waals surface area (Å²) in [6.07, 6.45) is 0. The van der Waals surface area contributed by atoms with Crippen LogP contribution in [0.25, 0.3) is 0 Å². The van der Waals surface area contributed by atoms with E-state index in [1.807, 2.05) is 13.8 Å². The fourth-order valence-corrected chi connectivity index (χ4v) is 2.48. The number of carbonyl (C=O) groups excluding carboxylic acids is 2. The third-order valence-electron chi connectivity index (χ3n) is 2.44. The molecule has 1 aliphatic rings. The first-order valence-corrected chi connectivity index (χ1v) is 6.47. The highest BCUT2D eigenvalue weighted by molar-refractivity contribution is 8.00. The van der Waals surface area contributed by atoms with Gasteiger partial charge in [0.2, 0.25) is 11.8 Å². The molecule has 1 rings (SSSR count). The third kappa shape index (κ3) is 3.38. The van der Waals surface area contributed by atoms with E-state index in [1.165, 1.54) is 11.8 Å². The Kier molecular flexibility index (Phi) is 5.08. The number of hydrogen-bond acceptors (Lipinski definition) is 4. The van der Waals surface area contributed by atoms with Crippen molar-refractivity contribution < 1.29 is 14.7 Å². The van der Waals surface area contributed by atoms with Crippen LogP contribution in [0, 0.1) is 0 Å². The van der Waals surface area contributed by atoms with Crippen molar-refractivity contribution in [3.63, 3.8) is 0 Å². The van der Waals surface area contributed by atoms with Crippen molar-refractivity contribution in [1.29, 1.82) is 0 Å². The van der Waals surface area contributed by atoms with Crippen LogP contribution in [-0.2, 0) is 9.59 Å². The van der Waals surface area contributed by atoms with Crippen LogP contribution in [0.3, 0.4) is 0 Å². The van der Waals surface area contributed by atoms with E-state index in [9.17, 15) is 9.59 Å². The second-order valence-electron chi connectivity index (χ2n) is 3.97. The van der Waals surface area contributed by atoms with Crippen LogP contribution in [0.2, 0.25) is 0 Å². The zero-order valence-electron chi connectivity index (χ0n) is 9.68. The molecule has 0 bridgehead atoms. The minimum Gasteiger partial charge on any atom is -0.395 e. The summed E-state index contributed by atoms with van der Waals surface area (Å²) in [5.41, 5.74) is 0. The summed E-state index contributed by atoms with van der Waals surface area (Å²) in [6.45, 7) is 4.20. The maximum Gasteiger partial charge on any atom is 0.242 e. The minimum atomic E-state index is -0.0973. The number of amides is 2. The van der Waals surface area contributed by atoms with Gasteiger partial charge in [-0.1, -0.05) is 0 Å². The molecule has 0 saturated carbocycles. The van der Waals surface area contributed by atoms with Gasteiger partial charge in [0.1, 0.15) is 6.54 Å². The highest BCUT2D eigenvalue weighted by atomic mass is 32.2. The fraction of sp³-hybridized carbons (Fsp3) is 0.800. The number of rotatable bonds is 5. The molecule has 0 aliphatic carbocycles. The summed E-state index contributed by atoms with van der Waals surface area (Å²) in [5.74, 6) is 0.982. The minimum absolute atomic E-state index is 0.0195. The van der Waals surface area contributed by atoms with E-state index in [-0.39, 0.29) is 31.0 Å². The Balaban J connectivity index is 2.51. The first kappa shape index (κ1) is 13.3. The van der Waals surface area contributed by atoms with E-state index in [4.69, 9.17) is 5.11 Å². The van der Waals surface area contributed by atoms with Gasteiger partial charge in [-0.05, 0) is 13.8 Å². The molecule has 0 aromatic carbocycles. The molecule has 1 heterocycles. The largest absolute Gasteiger partial charge is 0.395 e. The van der Waals surface area contributed by atoms with Crippen LogP contribution in [0.5, 0.6) is 0 Å². The lowest BCUT2D eigenvalue weighted by Gasteiger charge is -2.27. The van der Waals surface area contributed by atoms with Crippen LogP contribution in [0.4, 0.5) is 0 Å². The van der Waals surface area contributed by atoms with Gasteiger partial charge in [-0.25, -0.2) is 0 Å². The zero-order valence-corrected chi connectivity index (χ0v) is 10.5. The second-order valence-corrected chi connectivity index (χ2v) is 4.93. The van der Waals surface area contributed by atoms with E-state index < -0.39 is 0 Å². The Bertz CT molecular complexity index is 271. The highest BCUT2D eigenvalue weighted by Crippen LogP contribution is 2.15. The molecule has 0 aromatic heterocycles. The number of aliphatic hydroxyl groups excluding tert-OH is 1. The quantitative estimate of drug-likeness (QED) is 0.726. The lowest BCUT2D eigenvalue weighted by atomic mass is 10.3. The lowest BCUT2D eigenvalue weighted by molar-refractivity contribution is -0.139. The maximum atomic E-state index is 11.9. The Labute approximate surface area is 99.8 Å². The summed E-state index contributed by atoms with van der Waals surface area (Å²) >= 11 is 1.52. The van der Waals surface area contributed by atoms with Gasteiger partial charge >= 0.3 is 0 Å². The molecule has 2 amide bonds. The van der Waals surface area contributed by atoms with Crippen LogP contribution in [0.1, 0.15) is 13.8 Å². The third-order valence-corrected chi connectivity index (χ3v) is 3.38. The van der Waals surface area contributed by atoms with Gasteiger partial charge < -0.3 is 14.9 Å². The van der Waals surface area contributed by atoms with Gasteiger partial charge in [-0.3, -0.25) is 9.59 Å². The fourth-order valence-electron chi connectivity index (χ4n) is 1.57. The van der Waals surface area contributed by atoms with Crippen molar-refractivity contribution in [3.8, 4) is 0 Å². The lowest BCUT2D eigenvalue weighted by Crippen LogP contribution is -2.45. The molecule has 0 spiro atoms. The summed E-state index contributed by atoms with van der Waals surface area (Å²) in [5, 5.41) is 8.87. The van der Waals surface area contributed by atoms with Gasteiger partial charge in [-0.2, -0.15) is 0 Å². The Morgan fingerprint density at radius 3 is 2.75 bits per heavy atom. The molecule has 6 heteroatoms. The monoisotopic (exact) mass is 246 g/mol. The first-order valence-electron chi connectivity index (χ1n) is 5.32. The molecule has 0 atom stereocenters. The molecule has 5 nitrogen and oxygen atoms in total. The Hall–Kier alpha value is -0.750. The molecule has 16 heavy (non-hydrogen) atoms. The summed E-state index contributed by atoms with van der Waals surface area (Å²) in [6, 6.07) is 0.0463. The van der Waals surface area contributed by atoms with E-state index in [2.05, 4.69) is 0 Å². The molecule has 1 aliphatic heterocycles. The topological polar surface area (TPSA) is 60.9 Å². The number of aliphatic hydroxyl groups is 1. The van der Waals surface area contributed by atoms with E-state index >= 15 is 0 Å². The van der Waals surface area contributed by atoms with Crippen molar-refractivity contribution in [2.45, 2.75) is 19.9 Å². The molecule has 1 saturated heterocycles. The average molecular weight is 246 g/mol. The van der Waals surface area contributed by atoms with Gasteiger partial charge in [0.15, 0.2) is 0 Å². The van der Waals surface area contributed by atoms with Gasteiger partial charge in [0, 0.05) is 12.6 Å². The van der Waals surface area contributed by atoms with E-state index in [0.29, 0.717) is 18.2 Å². The molecule has 0 aromatic rings. The van der Waals surface area contributed by atoms with Crippen molar-refractivity contribution >= 4 is 23.6 Å². The molecule has 1 N–H and O–H groups in total. The number of nitrogens with zero attached hydrogens (tertiary/aromatic N) is 2. The summed E-state index contributed by atoms with van der Waals surface area (Å²) in [7, 11) is 0. The normalized spacial score (nSPS) is 16.0. The van der Waals surface area contributed by atoms with Gasteiger partial charge in [0.05, 0.1) is 18.2 Å². The smallest absolute Gasteiger partial charge is 0.242 e. The molecular weight excluding hydrogens is 228 g/mol. The standard InChI is InChI=1S/C10H18N2O3S/c1-8(2)12(3-4-13)9(14)5-11-7-16-6-10(11)15/h8,13H,3-7H2,1-2H3.